The number of hydrogen-bond acceptors (Lipinski definition) is 8. The minimum absolute atomic E-state index is 0.119. The maximum absolute atomic E-state index is 6.52. The Bertz CT molecular complexity index is 1010. The van der Waals surface area contributed by atoms with Crippen molar-refractivity contribution in [1.29, 1.82) is 0 Å². The number of nitrogens with zero attached hydrogens (tertiary/aromatic N) is 4. The largest absolute Gasteiger partial charge is 0.482 e. The van der Waals surface area contributed by atoms with Gasteiger partial charge in [0.25, 0.3) is 0 Å². The zero-order valence-electron chi connectivity index (χ0n) is 19.6. The quantitative estimate of drug-likeness (QED) is 0.739. The smallest absolute Gasteiger partial charge is 0.164 e. The van der Waals surface area contributed by atoms with Crippen LogP contribution in [0.2, 0.25) is 0 Å². The van der Waals surface area contributed by atoms with Crippen LogP contribution in [0.3, 0.4) is 0 Å². The number of ether oxygens (including phenoxy) is 2. The van der Waals surface area contributed by atoms with E-state index in [2.05, 4.69) is 46.4 Å². The zero-order chi connectivity index (χ0) is 22.4. The first-order chi connectivity index (χ1) is 16.2. The number of aryl methyl sites for hydroxylation is 1. The highest BCUT2D eigenvalue weighted by Crippen LogP contribution is 2.44. The van der Waals surface area contributed by atoms with E-state index >= 15 is 0 Å². The average Bonchev–Trinajstić information content (AvgIpc) is 2.95. The van der Waals surface area contributed by atoms with E-state index in [-0.39, 0.29) is 6.10 Å². The van der Waals surface area contributed by atoms with Gasteiger partial charge in [-0.3, -0.25) is 9.88 Å². The van der Waals surface area contributed by atoms with Crippen molar-refractivity contribution in [3.8, 4) is 5.75 Å². The summed E-state index contributed by atoms with van der Waals surface area (Å²) in [5.41, 5.74) is 5.40. The predicted molar refractivity (Wildman–Crippen MR) is 129 cm³/mol. The maximum atomic E-state index is 6.52. The lowest BCUT2D eigenvalue weighted by Crippen LogP contribution is -2.58. The highest BCUT2D eigenvalue weighted by Gasteiger charge is 2.32. The van der Waals surface area contributed by atoms with Crippen molar-refractivity contribution in [2.75, 3.05) is 62.7 Å². The van der Waals surface area contributed by atoms with Gasteiger partial charge in [-0.25, -0.2) is 4.98 Å². The summed E-state index contributed by atoms with van der Waals surface area (Å²) in [5.74, 6) is 2.22. The number of likely N-dealkylation sites (tertiary alicyclic amines) is 1. The molecule has 2 aromatic heterocycles. The van der Waals surface area contributed by atoms with Crippen LogP contribution in [0.4, 0.5) is 17.2 Å². The van der Waals surface area contributed by atoms with Gasteiger partial charge in [0.05, 0.1) is 30.2 Å². The lowest BCUT2D eigenvalue weighted by molar-refractivity contribution is 0.112. The van der Waals surface area contributed by atoms with Crippen molar-refractivity contribution in [1.82, 2.24) is 20.2 Å². The second-order valence-corrected chi connectivity index (χ2v) is 9.71. The molecule has 0 unspecified atom stereocenters. The van der Waals surface area contributed by atoms with Crippen molar-refractivity contribution in [3.63, 3.8) is 0 Å². The third-order valence-electron chi connectivity index (χ3n) is 7.66. The van der Waals surface area contributed by atoms with Gasteiger partial charge in [0.1, 0.15) is 11.9 Å². The third-order valence-corrected chi connectivity index (χ3v) is 7.66. The van der Waals surface area contributed by atoms with Crippen LogP contribution in [0.25, 0.3) is 0 Å². The van der Waals surface area contributed by atoms with Crippen LogP contribution in [-0.2, 0) is 4.74 Å². The van der Waals surface area contributed by atoms with Crippen LogP contribution >= 0.6 is 0 Å². The molecular weight excluding hydrogens is 416 g/mol. The van der Waals surface area contributed by atoms with Crippen LogP contribution < -0.4 is 20.3 Å². The van der Waals surface area contributed by atoms with E-state index < -0.39 is 0 Å². The SMILES string of the molecule is Cc1nc(C2CCN(C3CNC3)CC2)cc2c1O[C@H](C)c1c(N3CCOCC3)ccnc1N2. The molecule has 3 fully saturated rings. The minimum atomic E-state index is -0.119. The van der Waals surface area contributed by atoms with Gasteiger partial charge in [-0.1, -0.05) is 0 Å². The second kappa shape index (κ2) is 8.74. The first kappa shape index (κ1) is 21.1. The highest BCUT2D eigenvalue weighted by molar-refractivity contribution is 5.74. The van der Waals surface area contributed by atoms with Crippen LogP contribution in [0, 0.1) is 6.92 Å². The fourth-order valence-electron chi connectivity index (χ4n) is 5.63. The summed E-state index contributed by atoms with van der Waals surface area (Å²) in [6.07, 6.45) is 4.10. The number of nitrogens with one attached hydrogen (secondary N) is 2. The molecule has 0 saturated carbocycles. The fourth-order valence-corrected chi connectivity index (χ4v) is 5.63. The van der Waals surface area contributed by atoms with E-state index in [9.17, 15) is 0 Å². The van der Waals surface area contributed by atoms with Gasteiger partial charge in [0, 0.05) is 55.7 Å². The molecule has 0 radical (unpaired) electrons. The molecule has 6 heterocycles. The van der Waals surface area contributed by atoms with E-state index in [0.29, 0.717) is 5.92 Å². The molecule has 0 amide bonds. The Kier molecular flexibility index (Phi) is 5.60. The molecule has 4 aliphatic heterocycles. The number of morpholine rings is 1. The van der Waals surface area contributed by atoms with E-state index in [4.69, 9.17) is 19.4 Å². The first-order valence-corrected chi connectivity index (χ1v) is 12.4. The van der Waals surface area contributed by atoms with Crippen LogP contribution in [0.15, 0.2) is 18.3 Å². The van der Waals surface area contributed by atoms with Gasteiger partial charge in [0.2, 0.25) is 0 Å². The van der Waals surface area contributed by atoms with Crippen LogP contribution in [-0.4, -0.2) is 73.4 Å². The second-order valence-electron chi connectivity index (χ2n) is 9.71. The number of hydrogen-bond donors (Lipinski definition) is 2. The number of fused-ring (bicyclic) bond motifs is 2. The summed E-state index contributed by atoms with van der Waals surface area (Å²) < 4.78 is 12.1. The van der Waals surface area contributed by atoms with Crippen LogP contribution in [0.1, 0.15) is 48.7 Å². The minimum Gasteiger partial charge on any atom is -0.482 e. The summed E-state index contributed by atoms with van der Waals surface area (Å²) in [6, 6.07) is 5.04. The number of pyridine rings is 2. The Balaban J connectivity index is 1.28. The van der Waals surface area contributed by atoms with E-state index in [1.54, 1.807) is 0 Å². The molecule has 33 heavy (non-hydrogen) atoms. The van der Waals surface area contributed by atoms with Crippen molar-refractivity contribution in [2.45, 2.75) is 44.8 Å². The Labute approximate surface area is 195 Å². The molecule has 2 aromatic rings. The maximum Gasteiger partial charge on any atom is 0.164 e. The zero-order valence-corrected chi connectivity index (χ0v) is 19.6. The molecule has 176 valence electrons. The highest BCUT2D eigenvalue weighted by atomic mass is 16.5. The monoisotopic (exact) mass is 450 g/mol. The van der Waals surface area contributed by atoms with Crippen molar-refractivity contribution >= 4 is 17.2 Å². The van der Waals surface area contributed by atoms with Crippen LogP contribution in [0.5, 0.6) is 5.75 Å². The normalized spacial score (nSPS) is 24.2. The van der Waals surface area contributed by atoms with Gasteiger partial charge < -0.3 is 25.0 Å². The molecule has 2 N–H and O–H groups in total. The molecule has 0 bridgehead atoms. The van der Waals surface area contributed by atoms with Gasteiger partial charge in [-0.15, -0.1) is 0 Å². The molecule has 8 nitrogen and oxygen atoms in total. The standard InChI is InChI=1S/C25H34N6O2/c1-16-24-21(13-20(28-16)18-4-7-30(8-5-18)19-14-26-15-19)29-25-23(17(2)33-24)22(3-6-27-25)31-9-11-32-12-10-31/h3,6,13,17-19,26H,4-5,7-12,14-15H2,1-2H3,(H,27,29)/t17-/m1/s1. The summed E-state index contributed by atoms with van der Waals surface area (Å²) in [4.78, 5) is 14.8. The first-order valence-electron chi connectivity index (χ1n) is 12.4. The topological polar surface area (TPSA) is 74.8 Å². The summed E-state index contributed by atoms with van der Waals surface area (Å²) >= 11 is 0. The molecule has 3 saturated heterocycles. The average molecular weight is 451 g/mol. The Morgan fingerprint density at radius 3 is 2.61 bits per heavy atom. The number of rotatable bonds is 3. The van der Waals surface area contributed by atoms with Gasteiger partial charge in [-0.2, -0.15) is 0 Å². The Morgan fingerprint density at radius 1 is 1.09 bits per heavy atom. The van der Waals surface area contributed by atoms with Crippen molar-refractivity contribution < 1.29 is 9.47 Å². The van der Waals surface area contributed by atoms with Gasteiger partial charge in [-0.05, 0) is 51.9 Å². The molecular formula is C25H34N6O2. The molecule has 4 aliphatic rings. The predicted octanol–water partition coefficient (Wildman–Crippen LogP) is 2.97. The lowest BCUT2D eigenvalue weighted by Gasteiger charge is -2.42. The molecule has 0 aliphatic carbocycles. The van der Waals surface area contributed by atoms with E-state index in [0.717, 1.165) is 99.9 Å². The Morgan fingerprint density at radius 2 is 1.88 bits per heavy atom. The van der Waals surface area contributed by atoms with Gasteiger partial charge in [0.15, 0.2) is 5.75 Å². The lowest BCUT2D eigenvalue weighted by atomic mass is 9.91. The summed E-state index contributed by atoms with van der Waals surface area (Å²) in [5, 5.41) is 7.02. The summed E-state index contributed by atoms with van der Waals surface area (Å²) in [6.45, 7) is 12.0. The number of piperidine rings is 1. The number of aromatic nitrogens is 2. The fraction of sp³-hybridized carbons (Fsp3) is 0.600. The molecule has 0 aromatic carbocycles. The Hall–Kier alpha value is -2.42. The molecule has 6 rings (SSSR count). The van der Waals surface area contributed by atoms with Gasteiger partial charge >= 0.3 is 0 Å². The van der Waals surface area contributed by atoms with E-state index in [1.165, 1.54) is 11.4 Å². The molecule has 0 spiro atoms. The van der Waals surface area contributed by atoms with Crippen molar-refractivity contribution in [2.24, 2.45) is 0 Å². The van der Waals surface area contributed by atoms with Crippen molar-refractivity contribution in [3.05, 3.63) is 35.3 Å². The molecule has 8 heteroatoms. The summed E-state index contributed by atoms with van der Waals surface area (Å²) in [7, 11) is 0. The molecule has 1 atom stereocenters. The number of anilines is 3. The van der Waals surface area contributed by atoms with E-state index in [1.807, 2.05) is 6.20 Å². The third kappa shape index (κ3) is 3.94.